The van der Waals surface area contributed by atoms with Crippen molar-refractivity contribution in [2.45, 2.75) is 6.54 Å². The van der Waals surface area contributed by atoms with Crippen molar-refractivity contribution in [2.24, 2.45) is 0 Å². The fourth-order valence-electron chi connectivity index (χ4n) is 1.40. The lowest BCUT2D eigenvalue weighted by atomic mass is 10.2. The Hall–Kier alpha value is -1.00. The minimum Gasteiger partial charge on any atom is -0.318 e. The van der Waals surface area contributed by atoms with Gasteiger partial charge < -0.3 is 10.2 Å². The highest BCUT2D eigenvalue weighted by Gasteiger charge is 2.03. The first kappa shape index (κ1) is 12.1. The molecule has 0 unspecified atom stereocenters. The Balaban J connectivity index is 2.56. The number of halogens is 2. The Bertz CT molecular complexity index is 295. The zero-order valence-electron chi connectivity index (χ0n) is 9.06. The maximum Gasteiger partial charge on any atom is 0.126 e. The van der Waals surface area contributed by atoms with Gasteiger partial charge in [0, 0.05) is 25.7 Å². The van der Waals surface area contributed by atoms with E-state index in [4.69, 9.17) is 0 Å². The Morgan fingerprint density at radius 3 is 2.33 bits per heavy atom. The molecule has 0 amide bonds. The summed E-state index contributed by atoms with van der Waals surface area (Å²) in [6, 6.07) is 3.61. The van der Waals surface area contributed by atoms with Gasteiger partial charge in [0.15, 0.2) is 0 Å². The standard InChI is InChI=1S/C11H16F2N2/c1-14-3-4-15(2)8-9-5-10(12)7-11(13)6-9/h5-7,14H,3-4,8H2,1-2H3. The van der Waals surface area contributed by atoms with E-state index < -0.39 is 11.6 Å². The number of benzene rings is 1. The minimum absolute atomic E-state index is 0.521. The average Bonchev–Trinajstić information content (AvgIpc) is 2.13. The van der Waals surface area contributed by atoms with Crippen LogP contribution < -0.4 is 5.32 Å². The SMILES string of the molecule is CNCCN(C)Cc1cc(F)cc(F)c1. The molecule has 0 spiro atoms. The quantitative estimate of drug-likeness (QED) is 0.801. The van der Waals surface area contributed by atoms with Crippen LogP contribution in [-0.2, 0) is 6.54 Å². The summed E-state index contributed by atoms with van der Waals surface area (Å²) < 4.78 is 25.7. The highest BCUT2D eigenvalue weighted by Crippen LogP contribution is 2.09. The Labute approximate surface area is 88.9 Å². The molecule has 1 N–H and O–H groups in total. The van der Waals surface area contributed by atoms with Crippen molar-refractivity contribution in [3.63, 3.8) is 0 Å². The van der Waals surface area contributed by atoms with Gasteiger partial charge in [0.2, 0.25) is 0 Å². The van der Waals surface area contributed by atoms with Gasteiger partial charge in [0.05, 0.1) is 0 Å². The molecule has 0 fully saturated rings. The molecule has 0 aliphatic heterocycles. The maximum atomic E-state index is 12.9. The normalized spacial score (nSPS) is 11.0. The lowest BCUT2D eigenvalue weighted by Crippen LogP contribution is -2.27. The Morgan fingerprint density at radius 2 is 1.80 bits per heavy atom. The highest BCUT2D eigenvalue weighted by atomic mass is 19.1. The first-order valence-corrected chi connectivity index (χ1v) is 4.90. The minimum atomic E-state index is -0.521. The molecule has 0 bridgehead atoms. The molecule has 84 valence electrons. The third-order valence-electron chi connectivity index (χ3n) is 2.12. The van der Waals surface area contributed by atoms with Gasteiger partial charge in [-0.15, -0.1) is 0 Å². The van der Waals surface area contributed by atoms with E-state index in [-0.39, 0.29) is 0 Å². The zero-order valence-corrected chi connectivity index (χ0v) is 9.06. The Morgan fingerprint density at radius 1 is 1.20 bits per heavy atom. The van der Waals surface area contributed by atoms with Crippen molar-refractivity contribution in [3.8, 4) is 0 Å². The molecule has 0 saturated heterocycles. The summed E-state index contributed by atoms with van der Waals surface area (Å²) in [7, 11) is 3.79. The lowest BCUT2D eigenvalue weighted by molar-refractivity contribution is 0.327. The summed E-state index contributed by atoms with van der Waals surface area (Å²) in [6.07, 6.45) is 0. The second kappa shape index (κ2) is 5.78. The molecule has 0 aromatic heterocycles. The van der Waals surface area contributed by atoms with Crippen LogP contribution in [-0.4, -0.2) is 32.1 Å². The van der Waals surface area contributed by atoms with E-state index in [9.17, 15) is 8.78 Å². The van der Waals surface area contributed by atoms with Gasteiger partial charge >= 0.3 is 0 Å². The fourth-order valence-corrected chi connectivity index (χ4v) is 1.40. The summed E-state index contributed by atoms with van der Waals surface area (Å²) in [5.41, 5.74) is 0.658. The molecule has 1 aromatic carbocycles. The largest absolute Gasteiger partial charge is 0.318 e. The van der Waals surface area contributed by atoms with Crippen LogP contribution in [0.1, 0.15) is 5.56 Å². The number of rotatable bonds is 5. The van der Waals surface area contributed by atoms with E-state index in [1.54, 1.807) is 0 Å². The van der Waals surface area contributed by atoms with E-state index >= 15 is 0 Å². The summed E-state index contributed by atoms with van der Waals surface area (Å²) in [5.74, 6) is -1.04. The van der Waals surface area contributed by atoms with Crippen LogP contribution >= 0.6 is 0 Å². The van der Waals surface area contributed by atoms with Gasteiger partial charge in [-0.1, -0.05) is 0 Å². The first-order valence-electron chi connectivity index (χ1n) is 4.90. The third kappa shape index (κ3) is 4.36. The van der Waals surface area contributed by atoms with E-state index in [0.29, 0.717) is 12.1 Å². The van der Waals surface area contributed by atoms with Crippen LogP contribution in [0.2, 0.25) is 0 Å². The third-order valence-corrected chi connectivity index (χ3v) is 2.12. The molecule has 0 saturated carbocycles. The van der Waals surface area contributed by atoms with Crippen LogP contribution in [0.4, 0.5) is 8.78 Å². The molecular weight excluding hydrogens is 198 g/mol. The summed E-state index contributed by atoms with van der Waals surface area (Å²) in [5, 5.41) is 3.02. The van der Waals surface area contributed by atoms with Crippen molar-refractivity contribution in [2.75, 3.05) is 27.2 Å². The lowest BCUT2D eigenvalue weighted by Gasteiger charge is -2.16. The number of nitrogens with one attached hydrogen (secondary N) is 1. The van der Waals surface area contributed by atoms with Crippen molar-refractivity contribution >= 4 is 0 Å². The van der Waals surface area contributed by atoms with Crippen molar-refractivity contribution < 1.29 is 8.78 Å². The van der Waals surface area contributed by atoms with Crippen molar-refractivity contribution in [1.29, 1.82) is 0 Å². The molecule has 0 aliphatic carbocycles. The monoisotopic (exact) mass is 214 g/mol. The number of hydrogen-bond acceptors (Lipinski definition) is 2. The van der Waals surface area contributed by atoms with Crippen LogP contribution in [0.3, 0.4) is 0 Å². The Kier molecular flexibility index (Phi) is 4.65. The average molecular weight is 214 g/mol. The maximum absolute atomic E-state index is 12.9. The summed E-state index contributed by atoms with van der Waals surface area (Å²) >= 11 is 0. The van der Waals surface area contributed by atoms with Crippen molar-refractivity contribution in [3.05, 3.63) is 35.4 Å². The smallest absolute Gasteiger partial charge is 0.126 e. The molecule has 0 heterocycles. The molecule has 1 rings (SSSR count). The van der Waals surface area contributed by atoms with E-state index in [1.807, 2.05) is 19.0 Å². The first-order chi connectivity index (χ1) is 7.11. The summed E-state index contributed by atoms with van der Waals surface area (Å²) in [4.78, 5) is 2.00. The zero-order chi connectivity index (χ0) is 11.3. The molecule has 0 radical (unpaired) electrons. The van der Waals surface area contributed by atoms with Gasteiger partial charge in [0.25, 0.3) is 0 Å². The predicted molar refractivity (Wildman–Crippen MR) is 56.6 cm³/mol. The second-order valence-electron chi connectivity index (χ2n) is 3.62. The van der Waals surface area contributed by atoms with Gasteiger partial charge in [-0.3, -0.25) is 0 Å². The van der Waals surface area contributed by atoms with Crippen LogP contribution in [0.5, 0.6) is 0 Å². The van der Waals surface area contributed by atoms with Gasteiger partial charge in [-0.05, 0) is 31.8 Å². The topological polar surface area (TPSA) is 15.3 Å². The molecule has 1 aromatic rings. The molecule has 0 aliphatic rings. The van der Waals surface area contributed by atoms with Crippen LogP contribution in [0.15, 0.2) is 18.2 Å². The number of likely N-dealkylation sites (N-methyl/N-ethyl adjacent to an activating group) is 2. The van der Waals surface area contributed by atoms with Crippen molar-refractivity contribution in [1.82, 2.24) is 10.2 Å². The molecule has 4 heteroatoms. The number of hydrogen-bond donors (Lipinski definition) is 1. The molecular formula is C11H16F2N2. The van der Waals surface area contributed by atoms with Crippen LogP contribution in [0, 0.1) is 11.6 Å². The number of nitrogens with zero attached hydrogens (tertiary/aromatic N) is 1. The highest BCUT2D eigenvalue weighted by molar-refractivity contribution is 5.17. The molecule has 15 heavy (non-hydrogen) atoms. The second-order valence-corrected chi connectivity index (χ2v) is 3.62. The molecule has 0 atom stereocenters. The van der Waals surface area contributed by atoms with Gasteiger partial charge in [-0.2, -0.15) is 0 Å². The van der Waals surface area contributed by atoms with E-state index in [2.05, 4.69) is 5.32 Å². The summed E-state index contributed by atoms with van der Waals surface area (Å²) in [6.45, 7) is 2.25. The molecule has 2 nitrogen and oxygen atoms in total. The van der Waals surface area contributed by atoms with Gasteiger partial charge in [0.1, 0.15) is 11.6 Å². The van der Waals surface area contributed by atoms with Crippen LogP contribution in [0.25, 0.3) is 0 Å². The van der Waals surface area contributed by atoms with E-state index in [1.165, 1.54) is 12.1 Å². The van der Waals surface area contributed by atoms with Gasteiger partial charge in [-0.25, -0.2) is 8.78 Å². The fraction of sp³-hybridized carbons (Fsp3) is 0.455. The predicted octanol–water partition coefficient (Wildman–Crippen LogP) is 1.62. The van der Waals surface area contributed by atoms with E-state index in [0.717, 1.165) is 19.2 Å².